The van der Waals surface area contributed by atoms with Crippen molar-refractivity contribution in [3.05, 3.63) is 65.0 Å². The summed E-state index contributed by atoms with van der Waals surface area (Å²) in [6.45, 7) is 0. The van der Waals surface area contributed by atoms with Crippen molar-refractivity contribution in [2.24, 2.45) is 0 Å². The third kappa shape index (κ3) is 1.60. The molecule has 0 bridgehead atoms. The molecular weight excluding hydrogens is 304 g/mol. The molecule has 3 aromatic carbocycles. The summed E-state index contributed by atoms with van der Waals surface area (Å²) in [5, 5.41) is 3.79. The van der Waals surface area contributed by atoms with Crippen molar-refractivity contribution in [3.63, 3.8) is 0 Å². The number of benzene rings is 3. The van der Waals surface area contributed by atoms with Gasteiger partial charge in [0.15, 0.2) is 0 Å². The maximum absolute atomic E-state index is 13.1. The highest BCUT2D eigenvalue weighted by atomic mass is 16.5. The third-order valence-electron chi connectivity index (χ3n) is 4.45. The predicted octanol–water partition coefficient (Wildman–Crippen LogP) is 4.85. The topological polar surface area (TPSA) is 52.6 Å². The molecule has 0 saturated carbocycles. The number of ether oxygens (including phenoxy) is 1. The van der Waals surface area contributed by atoms with Gasteiger partial charge in [-0.2, -0.15) is 0 Å². The number of furan rings is 1. The van der Waals surface area contributed by atoms with Crippen molar-refractivity contribution in [2.45, 2.75) is 0 Å². The van der Waals surface area contributed by atoms with Gasteiger partial charge >= 0.3 is 0 Å². The Morgan fingerprint density at radius 3 is 2.50 bits per heavy atom. The van der Waals surface area contributed by atoms with Crippen LogP contribution in [-0.2, 0) is 0 Å². The van der Waals surface area contributed by atoms with E-state index in [-0.39, 0.29) is 5.43 Å². The lowest BCUT2D eigenvalue weighted by Gasteiger charge is -2.07. The molecule has 2 heterocycles. The van der Waals surface area contributed by atoms with Crippen molar-refractivity contribution < 1.29 is 13.6 Å². The van der Waals surface area contributed by atoms with Gasteiger partial charge in [-0.05, 0) is 23.6 Å². The van der Waals surface area contributed by atoms with Gasteiger partial charge in [0, 0.05) is 16.8 Å². The average Bonchev–Trinajstić information content (AvgIpc) is 3.11. The molecule has 4 nitrogen and oxygen atoms in total. The van der Waals surface area contributed by atoms with Crippen molar-refractivity contribution in [1.82, 2.24) is 0 Å². The number of hydrogen-bond acceptors (Lipinski definition) is 4. The molecule has 0 N–H and O–H groups in total. The summed E-state index contributed by atoms with van der Waals surface area (Å²) in [4.78, 5) is 13.1. The standard InChI is InChI=1S/C20H12O4/c1-22-11-6-7-15-16(10-11)24-20-13-5-3-2-4-12(13)14-8-9-23-19(14)17(20)18(15)21/h2-10H,1H3. The molecule has 0 unspecified atom stereocenters. The highest BCUT2D eigenvalue weighted by molar-refractivity contribution is 6.22. The summed E-state index contributed by atoms with van der Waals surface area (Å²) >= 11 is 0. The van der Waals surface area contributed by atoms with Crippen LogP contribution < -0.4 is 10.2 Å². The third-order valence-corrected chi connectivity index (χ3v) is 4.45. The number of hydrogen-bond donors (Lipinski definition) is 0. The lowest BCUT2D eigenvalue weighted by atomic mass is 10.0. The molecule has 0 atom stereocenters. The van der Waals surface area contributed by atoms with Gasteiger partial charge in [-0.25, -0.2) is 0 Å². The molecule has 0 fully saturated rings. The monoisotopic (exact) mass is 316 g/mol. The highest BCUT2D eigenvalue weighted by Gasteiger charge is 2.17. The SMILES string of the molecule is COc1ccc2c(=O)c3c4occc4c4ccccc4c3oc2c1. The quantitative estimate of drug-likeness (QED) is 0.327. The molecule has 0 saturated heterocycles. The van der Waals surface area contributed by atoms with Crippen LogP contribution >= 0.6 is 0 Å². The van der Waals surface area contributed by atoms with Crippen LogP contribution in [0.15, 0.2) is 68.4 Å². The summed E-state index contributed by atoms with van der Waals surface area (Å²) < 4.78 is 17.0. The van der Waals surface area contributed by atoms with E-state index in [9.17, 15) is 4.79 Å². The maximum Gasteiger partial charge on any atom is 0.204 e. The molecule has 4 heteroatoms. The Labute approximate surface area is 135 Å². The Kier molecular flexibility index (Phi) is 2.54. The van der Waals surface area contributed by atoms with Gasteiger partial charge in [0.25, 0.3) is 0 Å². The summed E-state index contributed by atoms with van der Waals surface area (Å²) in [5.41, 5.74) is 1.51. The Balaban J connectivity index is 2.14. The van der Waals surface area contributed by atoms with Crippen molar-refractivity contribution >= 4 is 43.7 Å². The summed E-state index contributed by atoms with van der Waals surface area (Å²) in [7, 11) is 1.59. The molecule has 0 aliphatic rings. The first kappa shape index (κ1) is 13.2. The van der Waals surface area contributed by atoms with Gasteiger partial charge < -0.3 is 13.6 Å². The molecule has 0 radical (unpaired) electrons. The molecule has 5 rings (SSSR count). The Morgan fingerprint density at radius 1 is 0.875 bits per heavy atom. The predicted molar refractivity (Wildman–Crippen MR) is 93.8 cm³/mol. The van der Waals surface area contributed by atoms with Crippen molar-refractivity contribution in [1.29, 1.82) is 0 Å². The second-order valence-corrected chi connectivity index (χ2v) is 5.71. The minimum Gasteiger partial charge on any atom is -0.497 e. The van der Waals surface area contributed by atoms with Crippen LogP contribution in [0, 0.1) is 0 Å². The smallest absolute Gasteiger partial charge is 0.204 e. The lowest BCUT2D eigenvalue weighted by Crippen LogP contribution is -2.03. The van der Waals surface area contributed by atoms with E-state index < -0.39 is 0 Å². The Hall–Kier alpha value is -3.27. The van der Waals surface area contributed by atoms with Crippen LogP contribution in [0.1, 0.15) is 0 Å². The zero-order valence-corrected chi connectivity index (χ0v) is 12.8. The minimum atomic E-state index is -0.0976. The van der Waals surface area contributed by atoms with E-state index in [0.717, 1.165) is 16.2 Å². The molecule has 0 aliphatic heterocycles. The molecule has 5 aromatic rings. The van der Waals surface area contributed by atoms with Crippen molar-refractivity contribution in [2.75, 3.05) is 7.11 Å². The van der Waals surface area contributed by atoms with Gasteiger partial charge in [0.1, 0.15) is 27.9 Å². The van der Waals surface area contributed by atoms with Gasteiger partial charge in [0.05, 0.1) is 18.8 Å². The Morgan fingerprint density at radius 2 is 1.67 bits per heavy atom. The second-order valence-electron chi connectivity index (χ2n) is 5.71. The molecule has 0 amide bonds. The second kappa shape index (κ2) is 4.61. The van der Waals surface area contributed by atoms with Crippen LogP contribution in [0.4, 0.5) is 0 Å². The molecular formula is C20H12O4. The first-order valence-corrected chi connectivity index (χ1v) is 7.60. The molecule has 116 valence electrons. The van der Waals surface area contributed by atoms with E-state index in [0.29, 0.717) is 33.3 Å². The molecule has 0 spiro atoms. The van der Waals surface area contributed by atoms with Gasteiger partial charge in [-0.1, -0.05) is 24.3 Å². The number of fused-ring (bicyclic) bond motifs is 7. The number of methoxy groups -OCH3 is 1. The van der Waals surface area contributed by atoms with Crippen LogP contribution in [-0.4, -0.2) is 7.11 Å². The van der Waals surface area contributed by atoms with Crippen LogP contribution in [0.2, 0.25) is 0 Å². The van der Waals surface area contributed by atoms with Gasteiger partial charge in [-0.3, -0.25) is 4.79 Å². The summed E-state index contributed by atoms with van der Waals surface area (Å²) in [6.07, 6.45) is 1.61. The number of rotatable bonds is 1. The van der Waals surface area contributed by atoms with Crippen molar-refractivity contribution in [3.8, 4) is 5.75 Å². The van der Waals surface area contributed by atoms with E-state index in [1.54, 1.807) is 31.6 Å². The van der Waals surface area contributed by atoms with E-state index in [4.69, 9.17) is 13.6 Å². The molecule has 2 aromatic heterocycles. The van der Waals surface area contributed by atoms with Crippen LogP contribution in [0.3, 0.4) is 0 Å². The fraction of sp³-hybridized carbons (Fsp3) is 0.0500. The zero-order chi connectivity index (χ0) is 16.3. The maximum atomic E-state index is 13.1. The average molecular weight is 316 g/mol. The summed E-state index contributed by atoms with van der Waals surface area (Å²) in [6, 6.07) is 15.0. The van der Waals surface area contributed by atoms with E-state index in [1.165, 1.54) is 0 Å². The minimum absolute atomic E-state index is 0.0976. The highest BCUT2D eigenvalue weighted by Crippen LogP contribution is 2.35. The van der Waals surface area contributed by atoms with E-state index in [2.05, 4.69) is 0 Å². The Bertz CT molecular complexity index is 1310. The normalized spacial score (nSPS) is 11.7. The van der Waals surface area contributed by atoms with Crippen LogP contribution in [0.25, 0.3) is 43.7 Å². The first-order valence-electron chi connectivity index (χ1n) is 7.60. The molecule has 0 aliphatic carbocycles. The van der Waals surface area contributed by atoms with E-state index in [1.807, 2.05) is 30.3 Å². The first-order chi connectivity index (χ1) is 11.8. The summed E-state index contributed by atoms with van der Waals surface area (Å²) in [5.74, 6) is 0.647. The fourth-order valence-electron chi connectivity index (χ4n) is 3.33. The van der Waals surface area contributed by atoms with Gasteiger partial charge in [-0.15, -0.1) is 0 Å². The zero-order valence-electron chi connectivity index (χ0n) is 12.8. The lowest BCUT2D eigenvalue weighted by molar-refractivity contribution is 0.414. The van der Waals surface area contributed by atoms with E-state index >= 15 is 0 Å². The largest absolute Gasteiger partial charge is 0.497 e. The van der Waals surface area contributed by atoms with Crippen LogP contribution in [0.5, 0.6) is 5.75 Å². The van der Waals surface area contributed by atoms with Gasteiger partial charge in [0.2, 0.25) is 5.43 Å². The molecule has 24 heavy (non-hydrogen) atoms. The fourth-order valence-corrected chi connectivity index (χ4v) is 3.33.